The molecule has 6 nitrogen and oxygen atoms in total. The molecule has 153 valence electrons. The van der Waals surface area contributed by atoms with Crippen molar-refractivity contribution in [2.24, 2.45) is 0 Å². The molecule has 1 unspecified atom stereocenters. The molecule has 1 N–H and O–H groups in total. The summed E-state index contributed by atoms with van der Waals surface area (Å²) < 4.78 is 11.1. The Kier molecular flexibility index (Phi) is 7.60. The summed E-state index contributed by atoms with van der Waals surface area (Å²) in [5, 5.41) is 18.1. The van der Waals surface area contributed by atoms with E-state index in [1.807, 2.05) is 30.7 Å². The van der Waals surface area contributed by atoms with Crippen molar-refractivity contribution in [3.63, 3.8) is 0 Å². The molecule has 31 heavy (non-hydrogen) atoms. The van der Waals surface area contributed by atoms with Crippen molar-refractivity contribution in [2.75, 3.05) is 0 Å². The number of carboxylic acid groups (broad SMARTS) is 1. The van der Waals surface area contributed by atoms with Gasteiger partial charge in [-0.3, -0.25) is 9.69 Å². The summed E-state index contributed by atoms with van der Waals surface area (Å²) in [5.74, 6) is -0.959. The second-order valence-electron chi connectivity index (χ2n) is 7.52. The van der Waals surface area contributed by atoms with Crippen LogP contribution in [0.4, 0.5) is 0 Å². The number of benzene rings is 2. The van der Waals surface area contributed by atoms with Crippen LogP contribution in [-0.2, 0) is 31.0 Å². The number of carbonyl (C=O) groups is 1. The van der Waals surface area contributed by atoms with Gasteiger partial charge >= 0.3 is 5.97 Å². The van der Waals surface area contributed by atoms with Gasteiger partial charge in [0.1, 0.15) is 12.4 Å². The van der Waals surface area contributed by atoms with E-state index >= 15 is 0 Å². The van der Waals surface area contributed by atoms with Crippen LogP contribution in [0.25, 0.3) is 0 Å². The Hall–Kier alpha value is -2.96. The van der Waals surface area contributed by atoms with Crippen LogP contribution in [0.15, 0.2) is 65.5 Å². The molecule has 2 aromatic carbocycles. The Morgan fingerprint density at radius 3 is 2.45 bits per heavy atom. The summed E-state index contributed by atoms with van der Waals surface area (Å²) >= 11 is 0. The smallest absolute Gasteiger partial charge is 0.305 e. The van der Waals surface area contributed by atoms with E-state index in [9.17, 15) is 4.79 Å². The number of hydrogen-bond acceptors (Lipinski definition) is 5. The minimum absolute atomic E-state index is 0. The molecule has 0 aliphatic carbocycles. The Morgan fingerprint density at radius 1 is 1.13 bits per heavy atom. The van der Waals surface area contributed by atoms with Gasteiger partial charge in [-0.1, -0.05) is 36.4 Å². The third-order valence-electron chi connectivity index (χ3n) is 5.24. The van der Waals surface area contributed by atoms with Gasteiger partial charge in [0, 0.05) is 49.6 Å². The molecule has 1 aliphatic heterocycles. The predicted octanol–water partition coefficient (Wildman–Crippen LogP) is 4.08. The number of carboxylic acids is 1. The zero-order valence-electron chi connectivity index (χ0n) is 17.5. The molecule has 0 spiro atoms. The first-order valence-corrected chi connectivity index (χ1v) is 9.79. The van der Waals surface area contributed by atoms with Crippen LogP contribution in [0, 0.1) is 11.3 Å². The first-order chi connectivity index (χ1) is 14.6. The van der Waals surface area contributed by atoms with Crippen molar-refractivity contribution >= 4 is 24.8 Å². The van der Waals surface area contributed by atoms with Crippen LogP contribution in [0.3, 0.4) is 0 Å². The Balaban J connectivity index is 0.00000272. The molecule has 0 fully saturated rings. The monoisotopic (exact) mass is 409 g/mol. The minimum atomic E-state index is -0.985. The van der Waals surface area contributed by atoms with Crippen molar-refractivity contribution in [1.82, 2.24) is 4.90 Å². The number of fused-ring (bicyclic) bond motifs is 1. The molecule has 1 aliphatic rings. The fourth-order valence-corrected chi connectivity index (χ4v) is 3.73. The Morgan fingerprint density at radius 2 is 1.81 bits per heavy atom. The average Bonchev–Trinajstić information content (AvgIpc) is 3.33. The van der Waals surface area contributed by atoms with E-state index in [4.69, 9.17) is 19.5 Å². The third-order valence-corrected chi connectivity index (χ3v) is 5.24. The van der Waals surface area contributed by atoms with E-state index in [-0.39, 0.29) is 25.3 Å². The summed E-state index contributed by atoms with van der Waals surface area (Å²) in [6.07, 6.45) is 3.44. The largest absolute Gasteiger partial charge is 0.489 e. The molecule has 1 aromatic heterocycles. The van der Waals surface area contributed by atoms with Gasteiger partial charge in [-0.05, 0) is 28.8 Å². The van der Waals surface area contributed by atoms with Crippen LogP contribution >= 0.6 is 0 Å². The van der Waals surface area contributed by atoms with Crippen LogP contribution < -0.4 is 4.74 Å². The Bertz CT molecular complexity index is 1050. The van der Waals surface area contributed by atoms with Gasteiger partial charge in [0.25, 0.3) is 0 Å². The molecule has 0 saturated carbocycles. The van der Waals surface area contributed by atoms with Crippen LogP contribution in [-0.4, -0.2) is 34.8 Å². The minimum Gasteiger partial charge on any atom is -0.489 e. The molecule has 4 rings (SSSR count). The number of furan rings is 1. The first kappa shape index (κ1) is 22.7. The quantitative estimate of drug-likeness (QED) is 0.565. The number of nitrogens with zero attached hydrogens (tertiary/aromatic N) is 2. The SMILES string of the molecule is N#CC(CC(=O)O)c1ccc(OCc2cccc(CN3Cc4cocc4C3)c2)cc1.[Li]. The van der Waals surface area contributed by atoms with Crippen LogP contribution in [0.1, 0.15) is 40.2 Å². The van der Waals surface area contributed by atoms with Crippen molar-refractivity contribution < 1.29 is 19.1 Å². The van der Waals surface area contributed by atoms with E-state index in [0.717, 1.165) is 25.2 Å². The van der Waals surface area contributed by atoms with Crippen molar-refractivity contribution in [3.05, 3.63) is 88.9 Å². The topological polar surface area (TPSA) is 86.7 Å². The molecular formula is C24H22LiN2O4. The molecule has 0 amide bonds. The first-order valence-electron chi connectivity index (χ1n) is 9.79. The molecule has 7 heteroatoms. The van der Waals surface area contributed by atoms with Crippen molar-refractivity contribution in [3.8, 4) is 11.8 Å². The summed E-state index contributed by atoms with van der Waals surface area (Å²) in [5.41, 5.74) is 5.53. The van der Waals surface area contributed by atoms with Crippen molar-refractivity contribution in [1.29, 1.82) is 5.26 Å². The van der Waals surface area contributed by atoms with Gasteiger partial charge < -0.3 is 14.3 Å². The van der Waals surface area contributed by atoms with Crippen molar-refractivity contribution in [2.45, 2.75) is 38.6 Å². The summed E-state index contributed by atoms with van der Waals surface area (Å²) in [6, 6.07) is 17.4. The molecule has 1 atom stereocenters. The molecule has 3 aromatic rings. The molecular weight excluding hydrogens is 387 g/mol. The van der Waals surface area contributed by atoms with Crippen LogP contribution in [0.2, 0.25) is 0 Å². The fraction of sp³-hybridized carbons (Fsp3) is 0.250. The Labute approximate surface area is 193 Å². The second-order valence-corrected chi connectivity index (χ2v) is 7.52. The average molecular weight is 409 g/mol. The number of aliphatic carboxylic acids is 1. The van der Waals surface area contributed by atoms with Gasteiger partial charge in [-0.2, -0.15) is 5.26 Å². The van der Waals surface area contributed by atoms with E-state index < -0.39 is 11.9 Å². The normalized spacial score (nSPS) is 13.6. The molecule has 2 heterocycles. The van der Waals surface area contributed by atoms with E-state index in [1.54, 1.807) is 24.3 Å². The van der Waals surface area contributed by atoms with E-state index in [1.165, 1.54) is 16.7 Å². The maximum atomic E-state index is 10.9. The van der Waals surface area contributed by atoms with E-state index in [2.05, 4.69) is 17.0 Å². The maximum absolute atomic E-state index is 10.9. The van der Waals surface area contributed by atoms with Gasteiger partial charge in [0.15, 0.2) is 0 Å². The van der Waals surface area contributed by atoms with Gasteiger partial charge in [-0.15, -0.1) is 0 Å². The predicted molar refractivity (Wildman–Crippen MR) is 115 cm³/mol. The molecule has 1 radical (unpaired) electrons. The van der Waals surface area contributed by atoms with Gasteiger partial charge in [-0.25, -0.2) is 0 Å². The van der Waals surface area contributed by atoms with Gasteiger partial charge in [0.2, 0.25) is 0 Å². The zero-order valence-corrected chi connectivity index (χ0v) is 17.5. The summed E-state index contributed by atoms with van der Waals surface area (Å²) in [7, 11) is 0. The summed E-state index contributed by atoms with van der Waals surface area (Å²) in [6.45, 7) is 3.12. The molecule has 0 bridgehead atoms. The third kappa shape index (κ3) is 5.80. The van der Waals surface area contributed by atoms with E-state index in [0.29, 0.717) is 17.9 Å². The maximum Gasteiger partial charge on any atom is 0.305 e. The van der Waals surface area contributed by atoms with Crippen LogP contribution in [0.5, 0.6) is 5.75 Å². The molecule has 0 saturated heterocycles. The zero-order chi connectivity index (χ0) is 20.9. The number of ether oxygens (including phenoxy) is 1. The summed E-state index contributed by atoms with van der Waals surface area (Å²) in [4.78, 5) is 13.2. The number of nitriles is 1. The fourth-order valence-electron chi connectivity index (χ4n) is 3.73. The van der Waals surface area contributed by atoms with Gasteiger partial charge in [0.05, 0.1) is 30.9 Å². The standard InChI is InChI=1S/C24H22N2O4.Li/c25-10-20(9-24(27)28)19-4-6-23(7-5-19)30-14-18-3-1-2-17(8-18)11-26-12-21-15-29-16-22(21)13-26;/h1-8,15-16,20H,9,11-14H2,(H,27,28);. The number of rotatable bonds is 8. The second kappa shape index (κ2) is 10.4. The number of hydrogen-bond donors (Lipinski definition) is 1.